The van der Waals surface area contributed by atoms with Gasteiger partial charge in [-0.3, -0.25) is 14.4 Å². The van der Waals surface area contributed by atoms with Crippen LogP contribution in [-0.2, 0) is 24.3 Å². The average Bonchev–Trinajstić information content (AvgIpc) is 3.41. The van der Waals surface area contributed by atoms with Gasteiger partial charge in [-0.05, 0) is 37.3 Å². The monoisotopic (exact) mass is 451 g/mol. The molecule has 3 aromatic rings. The summed E-state index contributed by atoms with van der Waals surface area (Å²) in [5, 5.41) is 9.95. The molecule has 170 valence electrons. The van der Waals surface area contributed by atoms with E-state index in [1.165, 1.54) is 10.4 Å². The van der Waals surface area contributed by atoms with Crippen LogP contribution in [0.1, 0.15) is 27.4 Å². The molecule has 2 aromatic heterocycles. The van der Waals surface area contributed by atoms with Crippen LogP contribution in [0.2, 0.25) is 0 Å². The van der Waals surface area contributed by atoms with Crippen molar-refractivity contribution in [3.05, 3.63) is 75.2 Å². The highest BCUT2D eigenvalue weighted by atomic mass is 32.1. The van der Waals surface area contributed by atoms with Crippen molar-refractivity contribution in [3.63, 3.8) is 0 Å². The Hall–Kier alpha value is -2.48. The molecule has 1 aromatic carbocycles. The van der Waals surface area contributed by atoms with Crippen LogP contribution in [0, 0.1) is 13.8 Å². The number of nitrogens with one attached hydrogen (secondary N) is 1. The fraction of sp³-hybridized carbons (Fsp3) is 0.440. The van der Waals surface area contributed by atoms with Gasteiger partial charge in [0.1, 0.15) is 0 Å². The quantitative estimate of drug-likeness (QED) is 0.543. The Bertz CT molecular complexity index is 991. The van der Waals surface area contributed by atoms with Gasteiger partial charge in [0.15, 0.2) is 0 Å². The molecule has 0 bridgehead atoms. The summed E-state index contributed by atoms with van der Waals surface area (Å²) in [6.45, 7) is 10.9. The molecule has 0 unspecified atom stereocenters. The summed E-state index contributed by atoms with van der Waals surface area (Å²) in [5.74, 6) is 0.0895. The van der Waals surface area contributed by atoms with E-state index in [0.29, 0.717) is 13.1 Å². The Morgan fingerprint density at radius 3 is 2.50 bits per heavy atom. The summed E-state index contributed by atoms with van der Waals surface area (Å²) in [6, 6.07) is 14.7. The molecule has 0 saturated carbocycles. The predicted octanol–water partition coefficient (Wildman–Crippen LogP) is 3.09. The van der Waals surface area contributed by atoms with Gasteiger partial charge in [0.25, 0.3) is 0 Å². The standard InChI is InChI=1S/C25H33N5OS/c1-20-24(21(2)30(27-20)18-22-7-4-3-5-8-22)17-26-25(31)19-29-14-12-28(13-15-29)11-10-23-9-6-16-32-23/h3-9,16H,10-15,17-19H2,1-2H3,(H,26,31). The maximum atomic E-state index is 12.6. The number of hydrogen-bond donors (Lipinski definition) is 1. The lowest BCUT2D eigenvalue weighted by atomic mass is 10.2. The molecule has 1 saturated heterocycles. The topological polar surface area (TPSA) is 53.4 Å². The molecule has 0 aliphatic carbocycles. The van der Waals surface area contributed by atoms with Crippen molar-refractivity contribution in [2.75, 3.05) is 39.3 Å². The van der Waals surface area contributed by atoms with E-state index in [-0.39, 0.29) is 5.91 Å². The zero-order chi connectivity index (χ0) is 22.3. The number of thiophene rings is 1. The maximum Gasteiger partial charge on any atom is 0.234 e. The molecular formula is C25H33N5OS. The fourth-order valence-electron chi connectivity index (χ4n) is 4.24. The first-order chi connectivity index (χ1) is 15.6. The first-order valence-corrected chi connectivity index (χ1v) is 12.3. The van der Waals surface area contributed by atoms with Gasteiger partial charge in [-0.2, -0.15) is 5.10 Å². The van der Waals surface area contributed by atoms with Gasteiger partial charge in [0, 0.05) is 55.4 Å². The first kappa shape index (κ1) is 22.7. The highest BCUT2D eigenvalue weighted by Gasteiger charge is 2.19. The zero-order valence-corrected chi connectivity index (χ0v) is 19.9. The number of hydrogen-bond acceptors (Lipinski definition) is 5. The molecule has 0 radical (unpaired) electrons. The van der Waals surface area contributed by atoms with Gasteiger partial charge < -0.3 is 10.2 Å². The lowest BCUT2D eigenvalue weighted by Crippen LogP contribution is -2.49. The summed E-state index contributed by atoms with van der Waals surface area (Å²) >= 11 is 1.83. The number of nitrogens with zero attached hydrogens (tertiary/aromatic N) is 4. The van der Waals surface area contributed by atoms with E-state index in [2.05, 4.69) is 51.7 Å². The number of aryl methyl sites for hydroxylation is 1. The van der Waals surface area contributed by atoms with Gasteiger partial charge in [0.2, 0.25) is 5.91 Å². The Balaban J connectivity index is 1.21. The Labute approximate surface area is 194 Å². The molecule has 6 nitrogen and oxygen atoms in total. The summed E-state index contributed by atoms with van der Waals surface area (Å²) in [6.07, 6.45) is 1.12. The number of carbonyl (C=O) groups excluding carboxylic acids is 1. The number of carbonyl (C=O) groups is 1. The van der Waals surface area contributed by atoms with E-state index in [1.54, 1.807) is 0 Å². The molecule has 32 heavy (non-hydrogen) atoms. The molecule has 1 amide bonds. The van der Waals surface area contributed by atoms with Crippen LogP contribution in [0.25, 0.3) is 0 Å². The Kier molecular flexibility index (Phi) is 7.73. The van der Waals surface area contributed by atoms with Crippen molar-refractivity contribution in [2.45, 2.75) is 33.4 Å². The van der Waals surface area contributed by atoms with Crippen molar-refractivity contribution < 1.29 is 4.79 Å². The van der Waals surface area contributed by atoms with Crippen LogP contribution in [-0.4, -0.2) is 64.8 Å². The van der Waals surface area contributed by atoms with Crippen molar-refractivity contribution in [2.24, 2.45) is 0 Å². The zero-order valence-electron chi connectivity index (χ0n) is 19.1. The van der Waals surface area contributed by atoms with Crippen LogP contribution >= 0.6 is 11.3 Å². The average molecular weight is 452 g/mol. The molecule has 3 heterocycles. The van der Waals surface area contributed by atoms with E-state index < -0.39 is 0 Å². The molecule has 1 N–H and O–H groups in total. The largest absolute Gasteiger partial charge is 0.351 e. The minimum atomic E-state index is 0.0895. The molecule has 7 heteroatoms. The van der Waals surface area contributed by atoms with E-state index in [4.69, 9.17) is 5.10 Å². The molecule has 0 atom stereocenters. The van der Waals surface area contributed by atoms with E-state index in [0.717, 1.165) is 62.6 Å². The van der Waals surface area contributed by atoms with Crippen molar-refractivity contribution in [1.82, 2.24) is 24.9 Å². The predicted molar refractivity (Wildman–Crippen MR) is 130 cm³/mol. The molecule has 0 spiro atoms. The second kappa shape index (κ2) is 10.9. The van der Waals surface area contributed by atoms with Crippen LogP contribution in [0.3, 0.4) is 0 Å². The summed E-state index contributed by atoms with van der Waals surface area (Å²) in [4.78, 5) is 18.8. The SMILES string of the molecule is Cc1nn(Cc2ccccc2)c(C)c1CNC(=O)CN1CCN(CCc2cccs2)CC1. The first-order valence-electron chi connectivity index (χ1n) is 11.4. The second-order valence-corrected chi connectivity index (χ2v) is 9.55. The number of benzene rings is 1. The molecule has 4 rings (SSSR count). The normalized spacial score (nSPS) is 15.2. The van der Waals surface area contributed by atoms with Crippen LogP contribution < -0.4 is 5.32 Å². The van der Waals surface area contributed by atoms with Crippen LogP contribution in [0.4, 0.5) is 0 Å². The maximum absolute atomic E-state index is 12.6. The number of amides is 1. The lowest BCUT2D eigenvalue weighted by Gasteiger charge is -2.34. The van der Waals surface area contributed by atoms with Gasteiger partial charge in [-0.25, -0.2) is 0 Å². The molecule has 1 fully saturated rings. The molecule has 1 aliphatic rings. The third kappa shape index (κ3) is 6.06. The Morgan fingerprint density at radius 2 is 1.78 bits per heavy atom. The van der Waals surface area contributed by atoms with Gasteiger partial charge >= 0.3 is 0 Å². The Morgan fingerprint density at radius 1 is 1.03 bits per heavy atom. The van der Waals surface area contributed by atoms with Crippen LogP contribution in [0.5, 0.6) is 0 Å². The summed E-state index contributed by atoms with van der Waals surface area (Å²) in [7, 11) is 0. The van der Waals surface area contributed by atoms with Crippen molar-refractivity contribution in [3.8, 4) is 0 Å². The van der Waals surface area contributed by atoms with E-state index >= 15 is 0 Å². The molecule has 1 aliphatic heterocycles. The van der Waals surface area contributed by atoms with Gasteiger partial charge in [-0.1, -0.05) is 36.4 Å². The number of aromatic nitrogens is 2. The smallest absolute Gasteiger partial charge is 0.234 e. The third-order valence-electron chi connectivity index (χ3n) is 6.26. The number of piperazine rings is 1. The van der Waals surface area contributed by atoms with Crippen molar-refractivity contribution in [1.29, 1.82) is 0 Å². The molecular weight excluding hydrogens is 418 g/mol. The number of rotatable bonds is 9. The second-order valence-electron chi connectivity index (χ2n) is 8.52. The van der Waals surface area contributed by atoms with Gasteiger partial charge in [-0.15, -0.1) is 11.3 Å². The lowest BCUT2D eigenvalue weighted by molar-refractivity contribution is -0.122. The van der Waals surface area contributed by atoms with E-state index in [1.807, 2.05) is 41.1 Å². The fourth-order valence-corrected chi connectivity index (χ4v) is 4.94. The van der Waals surface area contributed by atoms with Crippen LogP contribution in [0.15, 0.2) is 47.8 Å². The minimum absolute atomic E-state index is 0.0895. The minimum Gasteiger partial charge on any atom is -0.351 e. The highest BCUT2D eigenvalue weighted by molar-refractivity contribution is 7.09. The van der Waals surface area contributed by atoms with E-state index in [9.17, 15) is 4.79 Å². The van der Waals surface area contributed by atoms with Crippen molar-refractivity contribution >= 4 is 17.2 Å². The highest BCUT2D eigenvalue weighted by Crippen LogP contribution is 2.15. The summed E-state index contributed by atoms with van der Waals surface area (Å²) < 4.78 is 2.03. The van der Waals surface area contributed by atoms with Gasteiger partial charge in [0.05, 0.1) is 18.8 Å². The summed E-state index contributed by atoms with van der Waals surface area (Å²) in [5.41, 5.74) is 4.44. The third-order valence-corrected chi connectivity index (χ3v) is 7.19.